The molecule has 7 heteroatoms. The minimum Gasteiger partial charge on any atom is -0.346 e. The predicted molar refractivity (Wildman–Crippen MR) is 116 cm³/mol. The second-order valence-electron chi connectivity index (χ2n) is 7.42. The topological polar surface area (TPSA) is 90.1 Å². The standard InChI is InChI=1S/C23H26N4O3/c1-5-18-6-10-20(11-7-18)15(2)24-23(28)21-12-8-19(9-13-21)14-26-17(4)22(27(29)30)16(3)25-26/h6-13,15H,5,14H2,1-4H3,(H,24,28). The van der Waals surface area contributed by atoms with Crippen molar-refractivity contribution < 1.29 is 9.72 Å². The molecular weight excluding hydrogens is 380 g/mol. The van der Waals surface area contributed by atoms with Crippen LogP contribution in [0.3, 0.4) is 0 Å². The Morgan fingerprint density at radius 1 is 1.10 bits per heavy atom. The van der Waals surface area contributed by atoms with Crippen LogP contribution in [0, 0.1) is 24.0 Å². The first-order chi connectivity index (χ1) is 14.3. The van der Waals surface area contributed by atoms with Crippen molar-refractivity contribution in [1.82, 2.24) is 15.1 Å². The number of carbonyl (C=O) groups is 1. The summed E-state index contributed by atoms with van der Waals surface area (Å²) in [5.74, 6) is -0.143. The van der Waals surface area contributed by atoms with Gasteiger partial charge in [-0.3, -0.25) is 19.6 Å². The van der Waals surface area contributed by atoms with Crippen LogP contribution >= 0.6 is 0 Å². The zero-order chi connectivity index (χ0) is 21.8. The predicted octanol–water partition coefficient (Wildman–Crippen LogP) is 4.51. The summed E-state index contributed by atoms with van der Waals surface area (Å²) >= 11 is 0. The number of aromatic nitrogens is 2. The lowest BCUT2D eigenvalue weighted by Gasteiger charge is -2.15. The largest absolute Gasteiger partial charge is 0.346 e. The number of hydrogen-bond donors (Lipinski definition) is 1. The van der Waals surface area contributed by atoms with Crippen molar-refractivity contribution in [3.8, 4) is 0 Å². The summed E-state index contributed by atoms with van der Waals surface area (Å²) in [5, 5.41) is 18.4. The van der Waals surface area contributed by atoms with Gasteiger partial charge in [-0.25, -0.2) is 0 Å². The minimum absolute atomic E-state index is 0.0481. The number of carbonyl (C=O) groups excluding carboxylic acids is 1. The number of nitro groups is 1. The van der Waals surface area contributed by atoms with Crippen LogP contribution in [0.5, 0.6) is 0 Å². The molecule has 30 heavy (non-hydrogen) atoms. The van der Waals surface area contributed by atoms with Gasteiger partial charge in [0.1, 0.15) is 11.4 Å². The van der Waals surface area contributed by atoms with Crippen LogP contribution < -0.4 is 5.32 Å². The number of benzene rings is 2. The molecule has 1 aromatic heterocycles. The van der Waals surface area contributed by atoms with E-state index in [1.54, 1.807) is 30.7 Å². The quantitative estimate of drug-likeness (QED) is 0.462. The third-order valence-corrected chi connectivity index (χ3v) is 5.31. The molecule has 0 aliphatic rings. The van der Waals surface area contributed by atoms with E-state index < -0.39 is 4.92 Å². The molecule has 7 nitrogen and oxygen atoms in total. The molecule has 0 aliphatic heterocycles. The molecule has 0 spiro atoms. The van der Waals surface area contributed by atoms with Gasteiger partial charge in [-0.15, -0.1) is 0 Å². The third-order valence-electron chi connectivity index (χ3n) is 5.31. The molecule has 0 aliphatic carbocycles. The lowest BCUT2D eigenvalue weighted by atomic mass is 10.0. The highest BCUT2D eigenvalue weighted by molar-refractivity contribution is 5.94. The Morgan fingerprint density at radius 3 is 2.23 bits per heavy atom. The van der Waals surface area contributed by atoms with E-state index in [0.29, 0.717) is 23.5 Å². The molecular formula is C23H26N4O3. The van der Waals surface area contributed by atoms with Crippen molar-refractivity contribution >= 4 is 11.6 Å². The first-order valence-corrected chi connectivity index (χ1v) is 9.97. The summed E-state index contributed by atoms with van der Waals surface area (Å²) in [4.78, 5) is 23.3. The average Bonchev–Trinajstić information content (AvgIpc) is 3.01. The lowest BCUT2D eigenvalue weighted by molar-refractivity contribution is -0.386. The Morgan fingerprint density at radius 2 is 1.70 bits per heavy atom. The van der Waals surface area contributed by atoms with E-state index in [9.17, 15) is 14.9 Å². The van der Waals surface area contributed by atoms with Crippen molar-refractivity contribution in [3.63, 3.8) is 0 Å². The van der Waals surface area contributed by atoms with Gasteiger partial charge in [-0.1, -0.05) is 43.3 Å². The number of hydrogen-bond acceptors (Lipinski definition) is 4. The zero-order valence-electron chi connectivity index (χ0n) is 17.7. The molecule has 0 bridgehead atoms. The van der Waals surface area contributed by atoms with Crippen LogP contribution in [-0.2, 0) is 13.0 Å². The van der Waals surface area contributed by atoms with Crippen molar-refractivity contribution in [2.75, 3.05) is 0 Å². The van der Waals surface area contributed by atoms with Gasteiger partial charge in [-0.2, -0.15) is 5.10 Å². The van der Waals surface area contributed by atoms with E-state index in [1.165, 1.54) is 5.56 Å². The van der Waals surface area contributed by atoms with Crippen LogP contribution in [-0.4, -0.2) is 20.6 Å². The summed E-state index contributed by atoms with van der Waals surface area (Å²) < 4.78 is 1.62. The Balaban J connectivity index is 1.67. The summed E-state index contributed by atoms with van der Waals surface area (Å²) in [7, 11) is 0. The maximum atomic E-state index is 12.6. The number of aryl methyl sites for hydroxylation is 2. The minimum atomic E-state index is -0.404. The number of nitrogens with one attached hydrogen (secondary N) is 1. The van der Waals surface area contributed by atoms with Gasteiger partial charge in [-0.05, 0) is 56.0 Å². The molecule has 0 fully saturated rings. The highest BCUT2D eigenvalue weighted by atomic mass is 16.6. The summed E-state index contributed by atoms with van der Waals surface area (Å²) in [6.45, 7) is 7.80. The highest BCUT2D eigenvalue weighted by Gasteiger charge is 2.21. The van der Waals surface area contributed by atoms with Crippen molar-refractivity contribution in [1.29, 1.82) is 0 Å². The van der Waals surface area contributed by atoms with Gasteiger partial charge in [0.25, 0.3) is 5.91 Å². The fraction of sp³-hybridized carbons (Fsp3) is 0.304. The monoisotopic (exact) mass is 406 g/mol. The lowest BCUT2D eigenvalue weighted by Crippen LogP contribution is -2.26. The molecule has 0 saturated heterocycles. The van der Waals surface area contributed by atoms with Gasteiger partial charge >= 0.3 is 5.69 Å². The first-order valence-electron chi connectivity index (χ1n) is 9.97. The number of rotatable bonds is 7. The van der Waals surface area contributed by atoms with E-state index in [-0.39, 0.29) is 17.6 Å². The number of amides is 1. The summed E-state index contributed by atoms with van der Waals surface area (Å²) in [6, 6.07) is 15.4. The Labute approximate surface area is 175 Å². The Bertz CT molecular complexity index is 1050. The van der Waals surface area contributed by atoms with Crippen molar-refractivity contribution in [2.24, 2.45) is 0 Å². The SMILES string of the molecule is CCc1ccc(C(C)NC(=O)c2ccc(Cn3nc(C)c([N+](=O)[O-])c3C)cc2)cc1. The summed E-state index contributed by atoms with van der Waals surface area (Å²) in [5.41, 5.74) is 4.76. The number of nitrogens with zero attached hydrogens (tertiary/aromatic N) is 3. The van der Waals surface area contributed by atoms with E-state index in [4.69, 9.17) is 0 Å². The fourth-order valence-electron chi connectivity index (χ4n) is 3.45. The smallest absolute Gasteiger partial charge is 0.312 e. The van der Waals surface area contributed by atoms with E-state index in [2.05, 4.69) is 29.5 Å². The van der Waals surface area contributed by atoms with Crippen molar-refractivity contribution in [3.05, 3.63) is 92.3 Å². The van der Waals surface area contributed by atoms with Crippen LogP contribution in [0.15, 0.2) is 48.5 Å². The average molecular weight is 406 g/mol. The maximum absolute atomic E-state index is 12.6. The molecule has 1 heterocycles. The Hall–Kier alpha value is -3.48. The fourth-order valence-corrected chi connectivity index (χ4v) is 3.45. The molecule has 3 rings (SSSR count). The van der Waals surface area contributed by atoms with E-state index in [1.807, 2.05) is 31.2 Å². The molecule has 2 aromatic carbocycles. The van der Waals surface area contributed by atoms with Crippen LogP contribution in [0.4, 0.5) is 5.69 Å². The van der Waals surface area contributed by atoms with Crippen LogP contribution in [0.25, 0.3) is 0 Å². The Kier molecular flexibility index (Phi) is 6.30. The second kappa shape index (κ2) is 8.90. The molecule has 0 saturated carbocycles. The molecule has 1 unspecified atom stereocenters. The first kappa shape index (κ1) is 21.2. The molecule has 1 atom stereocenters. The molecule has 1 amide bonds. The molecule has 0 radical (unpaired) electrons. The van der Waals surface area contributed by atoms with Gasteiger partial charge in [0, 0.05) is 5.56 Å². The second-order valence-corrected chi connectivity index (χ2v) is 7.42. The summed E-state index contributed by atoms with van der Waals surface area (Å²) in [6.07, 6.45) is 0.984. The molecule has 156 valence electrons. The van der Waals surface area contributed by atoms with Gasteiger partial charge in [0.05, 0.1) is 17.5 Å². The van der Waals surface area contributed by atoms with Crippen LogP contribution in [0.2, 0.25) is 0 Å². The van der Waals surface area contributed by atoms with Gasteiger partial charge in [0.2, 0.25) is 0 Å². The van der Waals surface area contributed by atoms with E-state index >= 15 is 0 Å². The normalized spacial score (nSPS) is 11.9. The van der Waals surface area contributed by atoms with Crippen molar-refractivity contribution in [2.45, 2.75) is 46.7 Å². The van der Waals surface area contributed by atoms with E-state index in [0.717, 1.165) is 17.5 Å². The molecule has 1 N–H and O–H groups in total. The zero-order valence-corrected chi connectivity index (χ0v) is 17.7. The van der Waals surface area contributed by atoms with Gasteiger partial charge < -0.3 is 5.32 Å². The molecule has 3 aromatic rings. The maximum Gasteiger partial charge on any atom is 0.312 e. The highest BCUT2D eigenvalue weighted by Crippen LogP contribution is 2.22. The third kappa shape index (κ3) is 4.56. The van der Waals surface area contributed by atoms with Crippen LogP contribution in [0.1, 0.15) is 58.3 Å². The van der Waals surface area contributed by atoms with Gasteiger partial charge in [0.15, 0.2) is 0 Å².